The van der Waals surface area contributed by atoms with Crippen molar-refractivity contribution in [2.75, 3.05) is 0 Å². The number of halogens is 3. The zero-order chi connectivity index (χ0) is 20.5. The normalized spacial score (nSPS) is 28.1. The van der Waals surface area contributed by atoms with E-state index < -0.39 is 11.6 Å². The molecule has 1 aromatic rings. The van der Waals surface area contributed by atoms with Gasteiger partial charge in [-0.1, -0.05) is 50.7 Å². The summed E-state index contributed by atoms with van der Waals surface area (Å²) in [6.45, 7) is 0. The van der Waals surface area contributed by atoms with Gasteiger partial charge in [-0.2, -0.15) is 0 Å². The first-order valence-electron chi connectivity index (χ1n) is 11.9. The van der Waals surface area contributed by atoms with Gasteiger partial charge < -0.3 is 0 Å². The molecule has 3 heteroatoms. The summed E-state index contributed by atoms with van der Waals surface area (Å²) in [5, 5.41) is 0. The van der Waals surface area contributed by atoms with Crippen LogP contribution in [0.2, 0.25) is 0 Å². The number of hydrogen-bond acceptors (Lipinski definition) is 0. The molecule has 0 bridgehead atoms. The Kier molecular flexibility index (Phi) is 9.14. The molecule has 3 rings (SSSR count). The first-order valence-corrected chi connectivity index (χ1v) is 11.9. The summed E-state index contributed by atoms with van der Waals surface area (Å²) < 4.78 is 38.6. The maximum Gasteiger partial charge on any atom is 0.159 e. The van der Waals surface area contributed by atoms with Gasteiger partial charge in [-0.25, -0.2) is 13.2 Å². The van der Waals surface area contributed by atoms with Gasteiger partial charge in [0, 0.05) is 0 Å². The fraction of sp³-hybridized carbons (Fsp3) is 0.692. The molecule has 0 aliphatic heterocycles. The highest BCUT2D eigenvalue weighted by atomic mass is 19.2. The molecule has 2 fully saturated rings. The second-order valence-corrected chi connectivity index (χ2v) is 9.42. The zero-order valence-corrected chi connectivity index (χ0v) is 17.7. The van der Waals surface area contributed by atoms with Crippen molar-refractivity contribution >= 4 is 0 Å². The van der Waals surface area contributed by atoms with Crippen molar-refractivity contribution in [2.45, 2.75) is 95.8 Å². The van der Waals surface area contributed by atoms with E-state index in [0.717, 1.165) is 49.0 Å². The Morgan fingerprint density at radius 2 is 1.41 bits per heavy atom. The van der Waals surface area contributed by atoms with Gasteiger partial charge >= 0.3 is 0 Å². The zero-order valence-electron chi connectivity index (χ0n) is 17.7. The van der Waals surface area contributed by atoms with Crippen LogP contribution in [-0.2, 0) is 0 Å². The highest BCUT2D eigenvalue weighted by molar-refractivity contribution is 5.22. The Hall–Kier alpha value is -1.25. The van der Waals surface area contributed by atoms with Gasteiger partial charge in [0.1, 0.15) is 0 Å². The minimum Gasteiger partial charge on any atom is -0.216 e. The molecule has 162 valence electrons. The van der Waals surface area contributed by atoms with Crippen LogP contribution >= 0.6 is 0 Å². The Morgan fingerprint density at radius 3 is 2.07 bits per heavy atom. The highest BCUT2D eigenvalue weighted by Crippen LogP contribution is 2.44. The minimum atomic E-state index is -0.742. The van der Waals surface area contributed by atoms with Gasteiger partial charge in [0.05, 0.1) is 6.33 Å². The molecule has 0 nitrogen and oxygen atoms in total. The van der Waals surface area contributed by atoms with Gasteiger partial charge in [0.15, 0.2) is 11.6 Å². The highest BCUT2D eigenvalue weighted by Gasteiger charge is 2.31. The molecule has 0 amide bonds. The van der Waals surface area contributed by atoms with Crippen LogP contribution in [0.3, 0.4) is 0 Å². The van der Waals surface area contributed by atoms with Crippen LogP contribution < -0.4 is 0 Å². The van der Waals surface area contributed by atoms with Crippen LogP contribution in [0.25, 0.3) is 0 Å². The number of allylic oxidation sites excluding steroid dienone is 1. The number of rotatable bonds is 9. The molecule has 0 atom stereocenters. The Morgan fingerprint density at radius 1 is 0.759 bits per heavy atom. The van der Waals surface area contributed by atoms with Crippen LogP contribution in [0, 0.1) is 29.4 Å². The second kappa shape index (κ2) is 11.8. The predicted molar refractivity (Wildman–Crippen MR) is 114 cm³/mol. The third-order valence-electron chi connectivity index (χ3n) is 7.57. The summed E-state index contributed by atoms with van der Waals surface area (Å²) in [5.74, 6) is 1.58. The average molecular weight is 407 g/mol. The van der Waals surface area contributed by atoms with E-state index in [9.17, 15) is 13.2 Å². The van der Waals surface area contributed by atoms with Gasteiger partial charge in [-0.3, -0.25) is 0 Å². The monoisotopic (exact) mass is 406 g/mol. The first kappa shape index (κ1) is 22.4. The van der Waals surface area contributed by atoms with E-state index in [1.54, 1.807) is 12.1 Å². The van der Waals surface area contributed by atoms with Crippen LogP contribution in [0.1, 0.15) is 101 Å². The summed E-state index contributed by atoms with van der Waals surface area (Å²) in [6, 6.07) is 4.45. The van der Waals surface area contributed by atoms with Crippen LogP contribution in [-0.4, -0.2) is 0 Å². The van der Waals surface area contributed by atoms with E-state index >= 15 is 0 Å². The van der Waals surface area contributed by atoms with Crippen molar-refractivity contribution in [2.24, 2.45) is 17.8 Å². The average Bonchev–Trinajstić information content (AvgIpc) is 2.76. The van der Waals surface area contributed by atoms with E-state index in [-0.39, 0.29) is 0 Å². The number of benzene rings is 1. The quantitative estimate of drug-likeness (QED) is 0.359. The molecule has 2 aliphatic carbocycles. The largest absolute Gasteiger partial charge is 0.216 e. The summed E-state index contributed by atoms with van der Waals surface area (Å²) in [4.78, 5) is 0. The lowest BCUT2D eigenvalue weighted by molar-refractivity contribution is 0.155. The molecule has 0 spiro atoms. The summed E-state index contributed by atoms with van der Waals surface area (Å²) >= 11 is 0. The SMILES string of the molecule is F/C=C/CCCCCCC1CCC(C2CCC(c3ccc(F)c(F)c3)CC2)CC1. The van der Waals surface area contributed by atoms with E-state index in [0.29, 0.717) is 12.2 Å². The van der Waals surface area contributed by atoms with E-state index in [1.807, 2.05) is 0 Å². The summed E-state index contributed by atoms with van der Waals surface area (Å²) in [6.07, 6.45) is 19.7. The Balaban J connectivity index is 1.31. The number of hydrogen-bond donors (Lipinski definition) is 0. The lowest BCUT2D eigenvalue weighted by atomic mass is 9.68. The smallest absolute Gasteiger partial charge is 0.159 e. The van der Waals surface area contributed by atoms with Crippen molar-refractivity contribution < 1.29 is 13.2 Å². The molecular weight excluding hydrogens is 369 g/mol. The molecule has 1 aromatic carbocycles. The maximum atomic E-state index is 13.5. The molecule has 2 saturated carbocycles. The molecule has 0 aromatic heterocycles. The minimum absolute atomic E-state index is 0.401. The predicted octanol–water partition coefficient (Wildman–Crippen LogP) is 8.87. The molecular formula is C26H37F3. The number of unbranched alkanes of at least 4 members (excludes halogenated alkanes) is 4. The van der Waals surface area contributed by atoms with E-state index in [2.05, 4.69) is 0 Å². The second-order valence-electron chi connectivity index (χ2n) is 9.42. The molecule has 0 unspecified atom stereocenters. The van der Waals surface area contributed by atoms with E-state index in [4.69, 9.17) is 0 Å². The van der Waals surface area contributed by atoms with Crippen molar-refractivity contribution in [1.29, 1.82) is 0 Å². The van der Waals surface area contributed by atoms with Gasteiger partial charge in [-0.15, -0.1) is 0 Å². The lowest BCUT2D eigenvalue weighted by Gasteiger charge is -2.38. The molecule has 0 heterocycles. The first-order chi connectivity index (χ1) is 14.2. The Bertz CT molecular complexity index is 623. The standard InChI is InChI=1S/C26H37F3/c27-18-6-4-2-1-3-5-7-20-8-10-21(11-9-20)22-12-14-23(15-13-22)24-16-17-25(28)26(29)19-24/h6,16-23H,1-5,7-15H2/b18-6+. The fourth-order valence-electron chi connectivity index (χ4n) is 5.75. The van der Waals surface area contributed by atoms with Crippen LogP contribution in [0.15, 0.2) is 30.6 Å². The molecule has 0 radical (unpaired) electrons. The van der Waals surface area contributed by atoms with Gasteiger partial charge in [0.25, 0.3) is 0 Å². The topological polar surface area (TPSA) is 0 Å². The third-order valence-corrected chi connectivity index (χ3v) is 7.57. The van der Waals surface area contributed by atoms with Crippen LogP contribution in [0.5, 0.6) is 0 Å². The summed E-state index contributed by atoms with van der Waals surface area (Å²) in [7, 11) is 0. The maximum absolute atomic E-state index is 13.5. The van der Waals surface area contributed by atoms with Crippen molar-refractivity contribution in [3.8, 4) is 0 Å². The third kappa shape index (κ3) is 6.89. The lowest BCUT2D eigenvalue weighted by Crippen LogP contribution is -2.25. The van der Waals surface area contributed by atoms with E-state index in [1.165, 1.54) is 76.3 Å². The van der Waals surface area contributed by atoms with Crippen LogP contribution in [0.4, 0.5) is 13.2 Å². The summed E-state index contributed by atoms with van der Waals surface area (Å²) in [5.41, 5.74) is 0.978. The van der Waals surface area contributed by atoms with Gasteiger partial charge in [0.2, 0.25) is 0 Å². The Labute approximate surface area is 175 Å². The fourth-order valence-corrected chi connectivity index (χ4v) is 5.75. The molecule has 0 saturated heterocycles. The molecule has 29 heavy (non-hydrogen) atoms. The molecule has 0 N–H and O–H groups in total. The van der Waals surface area contributed by atoms with Gasteiger partial charge in [-0.05, 0) is 92.7 Å². The molecule has 2 aliphatic rings. The van der Waals surface area contributed by atoms with Crippen molar-refractivity contribution in [3.63, 3.8) is 0 Å². The van der Waals surface area contributed by atoms with Crippen molar-refractivity contribution in [3.05, 3.63) is 47.8 Å². The van der Waals surface area contributed by atoms with Crippen molar-refractivity contribution in [1.82, 2.24) is 0 Å².